The molecule has 2 aromatic carbocycles. The number of benzene rings is 2. The molecule has 0 saturated heterocycles. The molecule has 0 atom stereocenters. The van der Waals surface area contributed by atoms with Crippen LogP contribution in [-0.2, 0) is 16.0 Å². The molecule has 0 aliphatic heterocycles. The van der Waals surface area contributed by atoms with E-state index in [1.807, 2.05) is 36.4 Å². The average Bonchev–Trinajstić information content (AvgIpc) is 2.38. The second kappa shape index (κ2) is 4.87. The predicted molar refractivity (Wildman–Crippen MR) is 66.2 cm³/mol. The normalized spacial score (nSPS) is 10.2. The van der Waals surface area contributed by atoms with Crippen molar-refractivity contribution < 1.29 is 14.3 Å². The van der Waals surface area contributed by atoms with Gasteiger partial charge in [-0.25, -0.2) is 0 Å². The molecule has 88 valence electrons. The summed E-state index contributed by atoms with van der Waals surface area (Å²) >= 11 is 0. The summed E-state index contributed by atoms with van der Waals surface area (Å²) in [6.45, 7) is 0. The second-order valence-electron chi connectivity index (χ2n) is 3.80. The third kappa shape index (κ3) is 2.56. The Morgan fingerprint density at radius 3 is 2.47 bits per heavy atom. The van der Waals surface area contributed by atoms with Gasteiger partial charge in [-0.2, -0.15) is 0 Å². The monoisotopic (exact) mass is 230 g/mol. The van der Waals surface area contributed by atoms with Crippen LogP contribution in [0.3, 0.4) is 0 Å². The second-order valence-corrected chi connectivity index (χ2v) is 3.80. The lowest BCUT2D eigenvalue weighted by atomic mass is 10.0. The third-order valence-electron chi connectivity index (χ3n) is 2.69. The Labute approximate surface area is 100.0 Å². The zero-order chi connectivity index (χ0) is 12.3. The number of esters is 1. The van der Waals surface area contributed by atoms with Gasteiger partial charge in [-0.15, -0.1) is 0 Å². The lowest BCUT2D eigenvalue weighted by Gasteiger charge is -2.05. The van der Waals surface area contributed by atoms with Gasteiger partial charge in [-0.05, 0) is 28.5 Å². The van der Waals surface area contributed by atoms with Crippen molar-refractivity contribution in [2.45, 2.75) is 6.42 Å². The van der Waals surface area contributed by atoms with Gasteiger partial charge in [0.25, 0.3) is 0 Å². The van der Waals surface area contributed by atoms with E-state index in [0.717, 1.165) is 22.1 Å². The summed E-state index contributed by atoms with van der Waals surface area (Å²) in [5, 5.41) is 2.19. The van der Waals surface area contributed by atoms with Crippen LogP contribution in [0.4, 0.5) is 0 Å². The SMILES string of the molecule is COC(=O)Cc1ccc2cc(OC)ccc2c1. The number of rotatable bonds is 3. The van der Waals surface area contributed by atoms with Crippen LogP contribution in [0, 0.1) is 0 Å². The molecule has 0 heterocycles. The molecule has 0 unspecified atom stereocenters. The summed E-state index contributed by atoms with van der Waals surface area (Å²) < 4.78 is 9.80. The maximum atomic E-state index is 11.2. The standard InChI is InChI=1S/C14H14O3/c1-16-13-6-5-11-7-10(8-14(15)17-2)3-4-12(11)9-13/h3-7,9H,8H2,1-2H3. The molecule has 0 radical (unpaired) electrons. The highest BCUT2D eigenvalue weighted by molar-refractivity contribution is 5.85. The maximum Gasteiger partial charge on any atom is 0.309 e. The summed E-state index contributed by atoms with van der Waals surface area (Å²) in [5.41, 5.74) is 0.953. The van der Waals surface area contributed by atoms with Crippen LogP contribution >= 0.6 is 0 Å². The van der Waals surface area contributed by atoms with Crippen LogP contribution in [-0.4, -0.2) is 20.2 Å². The molecule has 0 fully saturated rings. The highest BCUT2D eigenvalue weighted by atomic mass is 16.5. The Morgan fingerprint density at radius 2 is 1.76 bits per heavy atom. The first-order valence-corrected chi connectivity index (χ1v) is 5.36. The van der Waals surface area contributed by atoms with E-state index in [2.05, 4.69) is 4.74 Å². The van der Waals surface area contributed by atoms with Crippen LogP contribution in [0.2, 0.25) is 0 Å². The van der Waals surface area contributed by atoms with Crippen molar-refractivity contribution in [1.82, 2.24) is 0 Å². The Kier molecular flexibility index (Phi) is 3.28. The summed E-state index contributed by atoms with van der Waals surface area (Å²) in [4.78, 5) is 11.2. The molecule has 3 nitrogen and oxygen atoms in total. The van der Waals surface area contributed by atoms with Gasteiger partial charge in [0.1, 0.15) is 5.75 Å². The van der Waals surface area contributed by atoms with Crippen LogP contribution in [0.5, 0.6) is 5.75 Å². The molecule has 0 bridgehead atoms. The molecule has 3 heteroatoms. The Hall–Kier alpha value is -2.03. The number of methoxy groups -OCH3 is 2. The minimum Gasteiger partial charge on any atom is -0.497 e. The van der Waals surface area contributed by atoms with E-state index in [0.29, 0.717) is 6.42 Å². The van der Waals surface area contributed by atoms with Crippen molar-refractivity contribution >= 4 is 16.7 Å². The molecule has 0 aromatic heterocycles. The molecular weight excluding hydrogens is 216 g/mol. The fourth-order valence-corrected chi connectivity index (χ4v) is 1.75. The van der Waals surface area contributed by atoms with E-state index in [9.17, 15) is 4.79 Å². The summed E-state index contributed by atoms with van der Waals surface area (Å²) in [6, 6.07) is 11.8. The van der Waals surface area contributed by atoms with E-state index in [4.69, 9.17) is 4.74 Å². The quantitative estimate of drug-likeness (QED) is 0.760. The minimum absolute atomic E-state index is 0.224. The maximum absolute atomic E-state index is 11.2. The predicted octanol–water partition coefficient (Wildman–Crippen LogP) is 2.56. The summed E-state index contributed by atoms with van der Waals surface area (Å²) in [7, 11) is 3.04. The van der Waals surface area contributed by atoms with Crippen LogP contribution in [0.15, 0.2) is 36.4 Å². The van der Waals surface area contributed by atoms with E-state index >= 15 is 0 Å². The largest absolute Gasteiger partial charge is 0.497 e. The number of carbonyl (C=O) groups is 1. The average molecular weight is 230 g/mol. The molecule has 0 aliphatic carbocycles. The number of hydrogen-bond donors (Lipinski definition) is 0. The smallest absolute Gasteiger partial charge is 0.309 e. The molecule has 0 aliphatic rings. The molecule has 0 spiro atoms. The fourth-order valence-electron chi connectivity index (χ4n) is 1.75. The van der Waals surface area contributed by atoms with E-state index < -0.39 is 0 Å². The Balaban J connectivity index is 2.34. The first kappa shape index (κ1) is 11.5. The first-order valence-electron chi connectivity index (χ1n) is 5.36. The number of hydrogen-bond acceptors (Lipinski definition) is 3. The highest BCUT2D eigenvalue weighted by Crippen LogP contribution is 2.22. The van der Waals surface area contributed by atoms with Gasteiger partial charge in [0.15, 0.2) is 0 Å². The van der Waals surface area contributed by atoms with Gasteiger partial charge in [0.2, 0.25) is 0 Å². The van der Waals surface area contributed by atoms with Gasteiger partial charge in [0.05, 0.1) is 20.6 Å². The lowest BCUT2D eigenvalue weighted by Crippen LogP contribution is -2.04. The molecule has 17 heavy (non-hydrogen) atoms. The third-order valence-corrected chi connectivity index (χ3v) is 2.69. The van der Waals surface area contributed by atoms with Crippen molar-refractivity contribution in [3.05, 3.63) is 42.0 Å². The minimum atomic E-state index is -0.224. The zero-order valence-electron chi connectivity index (χ0n) is 9.90. The zero-order valence-corrected chi connectivity index (χ0v) is 9.90. The van der Waals surface area contributed by atoms with Crippen molar-refractivity contribution in [2.24, 2.45) is 0 Å². The van der Waals surface area contributed by atoms with Crippen molar-refractivity contribution in [2.75, 3.05) is 14.2 Å². The molecule has 2 rings (SSSR count). The van der Waals surface area contributed by atoms with Crippen molar-refractivity contribution in [3.8, 4) is 5.75 Å². The van der Waals surface area contributed by atoms with Crippen LogP contribution in [0.25, 0.3) is 10.8 Å². The number of ether oxygens (including phenoxy) is 2. The van der Waals surface area contributed by atoms with Crippen LogP contribution < -0.4 is 4.74 Å². The van der Waals surface area contributed by atoms with E-state index in [1.165, 1.54) is 7.11 Å². The number of fused-ring (bicyclic) bond motifs is 1. The van der Waals surface area contributed by atoms with Crippen molar-refractivity contribution in [3.63, 3.8) is 0 Å². The van der Waals surface area contributed by atoms with Gasteiger partial charge in [-0.3, -0.25) is 4.79 Å². The van der Waals surface area contributed by atoms with Crippen LogP contribution in [0.1, 0.15) is 5.56 Å². The van der Waals surface area contributed by atoms with Gasteiger partial charge < -0.3 is 9.47 Å². The molecular formula is C14H14O3. The first-order chi connectivity index (χ1) is 8.22. The van der Waals surface area contributed by atoms with Gasteiger partial charge >= 0.3 is 5.97 Å². The van der Waals surface area contributed by atoms with E-state index in [-0.39, 0.29) is 5.97 Å². The van der Waals surface area contributed by atoms with Gasteiger partial charge in [0, 0.05) is 0 Å². The Bertz CT molecular complexity index is 546. The molecule has 0 saturated carbocycles. The number of carbonyl (C=O) groups excluding carboxylic acids is 1. The lowest BCUT2D eigenvalue weighted by molar-refractivity contribution is -0.139. The highest BCUT2D eigenvalue weighted by Gasteiger charge is 2.04. The van der Waals surface area contributed by atoms with Crippen molar-refractivity contribution in [1.29, 1.82) is 0 Å². The van der Waals surface area contributed by atoms with Gasteiger partial charge in [-0.1, -0.05) is 24.3 Å². The van der Waals surface area contributed by atoms with E-state index in [1.54, 1.807) is 7.11 Å². The Morgan fingerprint density at radius 1 is 1.06 bits per heavy atom. The molecule has 2 aromatic rings. The molecule has 0 N–H and O–H groups in total. The topological polar surface area (TPSA) is 35.5 Å². The summed E-state index contributed by atoms with van der Waals surface area (Å²) in [6.07, 6.45) is 0.304. The summed E-state index contributed by atoms with van der Waals surface area (Å²) in [5.74, 6) is 0.607. The molecule has 0 amide bonds. The fraction of sp³-hybridized carbons (Fsp3) is 0.214.